The largest absolute Gasteiger partial charge is 0.484 e. The van der Waals surface area contributed by atoms with Crippen LogP contribution >= 0.6 is 11.6 Å². The molecule has 5 nitrogen and oxygen atoms in total. The lowest BCUT2D eigenvalue weighted by Gasteiger charge is -2.18. The lowest BCUT2D eigenvalue weighted by Crippen LogP contribution is -2.30. The Balaban J connectivity index is 1.75. The van der Waals surface area contributed by atoms with Crippen molar-refractivity contribution in [2.24, 2.45) is 0 Å². The molecule has 2 aromatic rings. The van der Waals surface area contributed by atoms with Crippen LogP contribution in [0.2, 0.25) is 5.02 Å². The molecule has 0 saturated heterocycles. The van der Waals surface area contributed by atoms with E-state index in [-0.39, 0.29) is 18.1 Å². The number of carbonyl (C=O) groups is 1. The summed E-state index contributed by atoms with van der Waals surface area (Å²) in [5.41, 5.74) is 3.02. The van der Waals surface area contributed by atoms with Gasteiger partial charge in [0.2, 0.25) is 10.0 Å². The first kappa shape index (κ1) is 18.7. The number of ether oxygens (including phenoxy) is 1. The van der Waals surface area contributed by atoms with E-state index in [4.69, 9.17) is 16.3 Å². The highest BCUT2D eigenvalue weighted by atomic mass is 35.5. The fraction of sp³-hybridized carbons (Fsp3) is 0.316. The Morgan fingerprint density at radius 1 is 1.23 bits per heavy atom. The predicted molar refractivity (Wildman–Crippen MR) is 103 cm³/mol. The Morgan fingerprint density at radius 2 is 2.00 bits per heavy atom. The summed E-state index contributed by atoms with van der Waals surface area (Å²) in [6, 6.07) is 10.5. The first-order valence-electron chi connectivity index (χ1n) is 8.37. The molecule has 138 valence electrons. The predicted octanol–water partition coefficient (Wildman–Crippen LogP) is 3.62. The van der Waals surface area contributed by atoms with E-state index in [2.05, 4.69) is 0 Å². The van der Waals surface area contributed by atoms with Crippen LogP contribution < -0.4 is 9.04 Å². The summed E-state index contributed by atoms with van der Waals surface area (Å²) in [6.07, 6.45) is 0.597. The molecular weight excluding hydrogens is 374 g/mol. The number of anilines is 1. The molecule has 3 rings (SSSR count). The van der Waals surface area contributed by atoms with Gasteiger partial charge >= 0.3 is 0 Å². The maximum atomic E-state index is 12.4. The first-order valence-corrected chi connectivity index (χ1v) is 10.4. The fourth-order valence-corrected chi connectivity index (χ4v) is 4.27. The van der Waals surface area contributed by atoms with E-state index in [1.54, 1.807) is 37.3 Å². The van der Waals surface area contributed by atoms with Gasteiger partial charge in [-0.25, -0.2) is 8.42 Å². The summed E-state index contributed by atoms with van der Waals surface area (Å²) in [5.74, 6) is 0.349. The number of hydrogen-bond donors (Lipinski definition) is 0. The van der Waals surface area contributed by atoms with Gasteiger partial charge in [-0.1, -0.05) is 17.7 Å². The van der Waals surface area contributed by atoms with E-state index >= 15 is 0 Å². The average molecular weight is 394 g/mol. The summed E-state index contributed by atoms with van der Waals surface area (Å²) in [4.78, 5) is 12.4. The SMILES string of the molecule is CCS(=O)(=O)N1CCc2cc(C(=O)COc3cc(C)ccc3Cl)ccc21. The summed E-state index contributed by atoms with van der Waals surface area (Å²) in [5, 5.41) is 0.456. The molecule has 0 saturated carbocycles. The number of aryl methyl sites for hydroxylation is 1. The number of carbonyl (C=O) groups excluding carboxylic acids is 1. The minimum absolute atomic E-state index is 0.0538. The zero-order valence-corrected chi connectivity index (χ0v) is 16.2. The van der Waals surface area contributed by atoms with Crippen LogP contribution in [0.15, 0.2) is 36.4 Å². The zero-order chi connectivity index (χ0) is 18.9. The average Bonchev–Trinajstić information content (AvgIpc) is 3.06. The van der Waals surface area contributed by atoms with Crippen molar-refractivity contribution in [1.29, 1.82) is 0 Å². The molecule has 0 radical (unpaired) electrons. The van der Waals surface area contributed by atoms with E-state index in [0.717, 1.165) is 11.1 Å². The molecule has 7 heteroatoms. The van der Waals surface area contributed by atoms with Gasteiger partial charge in [-0.3, -0.25) is 9.10 Å². The van der Waals surface area contributed by atoms with E-state index in [1.165, 1.54) is 4.31 Å². The Labute approximate surface area is 158 Å². The van der Waals surface area contributed by atoms with Gasteiger partial charge in [0.05, 0.1) is 16.5 Å². The molecule has 2 aromatic carbocycles. The van der Waals surface area contributed by atoms with Crippen LogP contribution in [0.5, 0.6) is 5.75 Å². The number of benzene rings is 2. The number of sulfonamides is 1. The molecule has 0 N–H and O–H groups in total. The van der Waals surface area contributed by atoms with E-state index in [0.29, 0.717) is 35.0 Å². The third-order valence-corrected chi connectivity index (χ3v) is 6.49. The minimum atomic E-state index is -3.29. The highest BCUT2D eigenvalue weighted by molar-refractivity contribution is 7.92. The smallest absolute Gasteiger partial charge is 0.234 e. The molecule has 0 unspecified atom stereocenters. The molecule has 0 atom stereocenters. The van der Waals surface area contributed by atoms with Crippen LogP contribution in [0, 0.1) is 6.92 Å². The second-order valence-corrected chi connectivity index (χ2v) is 8.80. The highest BCUT2D eigenvalue weighted by Crippen LogP contribution is 2.31. The van der Waals surface area contributed by atoms with Crippen molar-refractivity contribution < 1.29 is 17.9 Å². The van der Waals surface area contributed by atoms with Gasteiger partial charge in [0.25, 0.3) is 0 Å². The molecule has 1 heterocycles. The van der Waals surface area contributed by atoms with Crippen LogP contribution in [0.25, 0.3) is 0 Å². The van der Waals surface area contributed by atoms with Crippen molar-refractivity contribution >= 4 is 33.1 Å². The summed E-state index contributed by atoms with van der Waals surface area (Å²) >= 11 is 6.08. The van der Waals surface area contributed by atoms with Crippen LogP contribution in [0.1, 0.15) is 28.4 Å². The quantitative estimate of drug-likeness (QED) is 0.703. The summed E-state index contributed by atoms with van der Waals surface area (Å²) in [7, 11) is -3.29. The lowest BCUT2D eigenvalue weighted by molar-refractivity contribution is 0.0921. The van der Waals surface area contributed by atoms with Gasteiger partial charge in [0.1, 0.15) is 5.75 Å². The number of ketones is 1. The van der Waals surface area contributed by atoms with E-state index < -0.39 is 10.0 Å². The molecule has 1 aliphatic rings. The standard InChI is InChI=1S/C19H20ClNO4S/c1-3-26(23,24)21-9-8-14-11-15(5-7-17(14)21)18(22)12-25-19-10-13(2)4-6-16(19)20/h4-7,10-11H,3,8-9,12H2,1-2H3. The molecule has 0 fully saturated rings. The number of hydrogen-bond acceptors (Lipinski definition) is 4. The summed E-state index contributed by atoms with van der Waals surface area (Å²) in [6.45, 7) is 3.83. The second kappa shape index (κ2) is 7.29. The number of halogens is 1. The van der Waals surface area contributed by atoms with Crippen molar-refractivity contribution in [3.63, 3.8) is 0 Å². The molecule has 0 aliphatic carbocycles. The van der Waals surface area contributed by atoms with Crippen LogP contribution in [0.4, 0.5) is 5.69 Å². The molecule has 0 aromatic heterocycles. The highest BCUT2D eigenvalue weighted by Gasteiger charge is 2.28. The maximum absolute atomic E-state index is 12.4. The fourth-order valence-electron chi connectivity index (χ4n) is 2.94. The monoisotopic (exact) mass is 393 g/mol. The van der Waals surface area contributed by atoms with Gasteiger partial charge in [-0.2, -0.15) is 0 Å². The van der Waals surface area contributed by atoms with E-state index in [9.17, 15) is 13.2 Å². The first-order chi connectivity index (χ1) is 12.3. The topological polar surface area (TPSA) is 63.7 Å². The third kappa shape index (κ3) is 3.71. The lowest BCUT2D eigenvalue weighted by atomic mass is 10.1. The molecule has 1 aliphatic heterocycles. The number of rotatable bonds is 6. The third-order valence-electron chi connectivity index (χ3n) is 4.40. The van der Waals surface area contributed by atoms with Gasteiger partial charge in [-0.05, 0) is 61.7 Å². The van der Waals surface area contributed by atoms with Crippen LogP contribution in [0.3, 0.4) is 0 Å². The normalized spacial score (nSPS) is 13.6. The second-order valence-electron chi connectivity index (χ2n) is 6.21. The van der Waals surface area contributed by atoms with Gasteiger partial charge in [-0.15, -0.1) is 0 Å². The Morgan fingerprint density at radius 3 is 2.73 bits per heavy atom. The zero-order valence-electron chi connectivity index (χ0n) is 14.7. The molecule has 0 amide bonds. The number of fused-ring (bicyclic) bond motifs is 1. The molecule has 0 bridgehead atoms. The molecule has 0 spiro atoms. The maximum Gasteiger partial charge on any atom is 0.234 e. The van der Waals surface area contributed by atoms with Crippen molar-refractivity contribution in [2.45, 2.75) is 20.3 Å². The van der Waals surface area contributed by atoms with Crippen LogP contribution in [-0.2, 0) is 16.4 Å². The van der Waals surface area contributed by atoms with Gasteiger partial charge < -0.3 is 4.74 Å². The molecular formula is C19H20ClNO4S. The Hall–Kier alpha value is -2.05. The van der Waals surface area contributed by atoms with Gasteiger partial charge in [0.15, 0.2) is 12.4 Å². The Kier molecular flexibility index (Phi) is 5.25. The number of nitrogens with zero attached hydrogens (tertiary/aromatic N) is 1. The summed E-state index contributed by atoms with van der Waals surface area (Å²) < 4.78 is 31.2. The van der Waals surface area contributed by atoms with Crippen LogP contribution in [-0.4, -0.2) is 33.1 Å². The van der Waals surface area contributed by atoms with Crippen molar-refractivity contribution in [2.75, 3.05) is 23.2 Å². The minimum Gasteiger partial charge on any atom is -0.484 e. The van der Waals surface area contributed by atoms with Crippen molar-refractivity contribution in [3.05, 3.63) is 58.1 Å². The van der Waals surface area contributed by atoms with Crippen molar-refractivity contribution in [3.8, 4) is 5.75 Å². The Bertz CT molecular complexity index is 956. The van der Waals surface area contributed by atoms with E-state index in [1.807, 2.05) is 13.0 Å². The molecule has 26 heavy (non-hydrogen) atoms. The van der Waals surface area contributed by atoms with Crippen molar-refractivity contribution in [1.82, 2.24) is 0 Å². The number of Topliss-reactive ketones (excluding diaryl/α,β-unsaturated/α-hetero) is 1. The van der Waals surface area contributed by atoms with Gasteiger partial charge in [0, 0.05) is 12.1 Å².